The first-order valence-electron chi connectivity index (χ1n) is 9.50. The van der Waals surface area contributed by atoms with Crippen LogP contribution in [0.3, 0.4) is 0 Å². The van der Waals surface area contributed by atoms with Crippen LogP contribution in [-0.2, 0) is 6.42 Å². The second-order valence-electron chi connectivity index (χ2n) is 6.87. The summed E-state index contributed by atoms with van der Waals surface area (Å²) in [6, 6.07) is 15.9. The van der Waals surface area contributed by atoms with Crippen molar-refractivity contribution >= 4 is 0 Å². The van der Waals surface area contributed by atoms with Gasteiger partial charge in [0.2, 0.25) is 0 Å². The molecule has 2 rings (SSSR count). The van der Waals surface area contributed by atoms with Crippen LogP contribution in [-0.4, -0.2) is 11.7 Å². The van der Waals surface area contributed by atoms with Crippen LogP contribution >= 0.6 is 0 Å². The molecule has 1 atom stereocenters. The van der Waals surface area contributed by atoms with E-state index in [0.717, 1.165) is 19.3 Å². The number of hydrogen-bond donors (Lipinski definition) is 1. The first-order chi connectivity index (χ1) is 11.7. The van der Waals surface area contributed by atoms with Crippen molar-refractivity contribution in [2.45, 2.75) is 65.2 Å². The highest BCUT2D eigenvalue weighted by Gasteiger charge is 2.11. The van der Waals surface area contributed by atoms with Gasteiger partial charge in [0.25, 0.3) is 0 Å². The number of aryl methyl sites for hydroxylation is 2. The van der Waals surface area contributed by atoms with Crippen LogP contribution in [0.5, 0.6) is 0 Å². The Hall–Kier alpha value is -1.60. The van der Waals surface area contributed by atoms with Gasteiger partial charge in [-0.05, 0) is 66.3 Å². The van der Waals surface area contributed by atoms with Crippen LogP contribution in [0.4, 0.5) is 0 Å². The predicted octanol–water partition coefficient (Wildman–Crippen LogP) is 6.27. The molecule has 0 amide bonds. The third kappa shape index (κ3) is 4.95. The molecule has 1 heteroatoms. The lowest BCUT2D eigenvalue weighted by Crippen LogP contribution is -2.01. The van der Waals surface area contributed by atoms with Gasteiger partial charge in [0, 0.05) is 6.61 Å². The maximum absolute atomic E-state index is 9.28. The SMILES string of the molecule is CCCCc1ccc(-c2ccc(C(CCC)CCO)cc2)c(C)c1. The molecule has 1 N–H and O–H groups in total. The fraction of sp³-hybridized carbons (Fsp3) is 0.478. The van der Waals surface area contributed by atoms with Gasteiger partial charge < -0.3 is 5.11 Å². The van der Waals surface area contributed by atoms with Crippen LogP contribution in [0, 0.1) is 6.92 Å². The summed E-state index contributed by atoms with van der Waals surface area (Å²) in [4.78, 5) is 0. The molecule has 0 spiro atoms. The van der Waals surface area contributed by atoms with Crippen molar-refractivity contribution in [3.05, 3.63) is 59.2 Å². The van der Waals surface area contributed by atoms with E-state index in [1.807, 2.05) is 0 Å². The highest BCUT2D eigenvalue weighted by atomic mass is 16.3. The fourth-order valence-corrected chi connectivity index (χ4v) is 3.50. The molecular formula is C23H32O. The molecule has 0 fully saturated rings. The molecule has 0 bridgehead atoms. The largest absolute Gasteiger partial charge is 0.396 e. The molecule has 1 unspecified atom stereocenters. The minimum Gasteiger partial charge on any atom is -0.396 e. The number of aliphatic hydroxyl groups excluding tert-OH is 1. The van der Waals surface area contributed by atoms with Gasteiger partial charge in [0.05, 0.1) is 0 Å². The third-order valence-electron chi connectivity index (χ3n) is 4.92. The van der Waals surface area contributed by atoms with E-state index in [1.54, 1.807) is 0 Å². The van der Waals surface area contributed by atoms with Crippen molar-refractivity contribution in [1.82, 2.24) is 0 Å². The number of aliphatic hydroxyl groups is 1. The molecule has 2 aromatic rings. The van der Waals surface area contributed by atoms with Crippen LogP contribution in [0.2, 0.25) is 0 Å². The van der Waals surface area contributed by atoms with Gasteiger partial charge in [-0.25, -0.2) is 0 Å². The molecule has 0 saturated carbocycles. The molecular weight excluding hydrogens is 292 g/mol. The minimum absolute atomic E-state index is 0.269. The lowest BCUT2D eigenvalue weighted by Gasteiger charge is -2.16. The monoisotopic (exact) mass is 324 g/mol. The molecule has 0 aromatic heterocycles. The van der Waals surface area contributed by atoms with Crippen molar-refractivity contribution in [1.29, 1.82) is 0 Å². The van der Waals surface area contributed by atoms with Crippen molar-refractivity contribution in [3.63, 3.8) is 0 Å². The molecule has 0 aliphatic rings. The minimum atomic E-state index is 0.269. The summed E-state index contributed by atoms with van der Waals surface area (Å²) in [5.41, 5.74) is 6.78. The van der Waals surface area contributed by atoms with E-state index in [-0.39, 0.29) is 6.61 Å². The van der Waals surface area contributed by atoms with E-state index < -0.39 is 0 Å². The molecule has 1 nitrogen and oxygen atoms in total. The molecule has 0 aliphatic heterocycles. The Morgan fingerprint density at radius 1 is 0.917 bits per heavy atom. The summed E-state index contributed by atoms with van der Waals surface area (Å²) in [6.07, 6.45) is 6.84. The Balaban J connectivity index is 2.18. The Labute approximate surface area is 147 Å². The summed E-state index contributed by atoms with van der Waals surface area (Å²) in [5.74, 6) is 0.478. The maximum Gasteiger partial charge on any atom is 0.0436 e. The zero-order valence-electron chi connectivity index (χ0n) is 15.5. The molecule has 0 radical (unpaired) electrons. The molecule has 130 valence electrons. The van der Waals surface area contributed by atoms with Gasteiger partial charge in [-0.1, -0.05) is 69.2 Å². The van der Waals surface area contributed by atoms with Crippen LogP contribution in [0.1, 0.15) is 68.6 Å². The van der Waals surface area contributed by atoms with Crippen molar-refractivity contribution in [2.75, 3.05) is 6.61 Å². The molecule has 0 saturated heterocycles. The number of benzene rings is 2. The highest BCUT2D eigenvalue weighted by Crippen LogP contribution is 2.29. The van der Waals surface area contributed by atoms with E-state index in [4.69, 9.17) is 0 Å². The quantitative estimate of drug-likeness (QED) is 0.576. The summed E-state index contributed by atoms with van der Waals surface area (Å²) < 4.78 is 0. The zero-order valence-corrected chi connectivity index (χ0v) is 15.5. The maximum atomic E-state index is 9.28. The zero-order chi connectivity index (χ0) is 17.4. The van der Waals surface area contributed by atoms with Gasteiger partial charge in [-0.2, -0.15) is 0 Å². The highest BCUT2D eigenvalue weighted by molar-refractivity contribution is 5.67. The van der Waals surface area contributed by atoms with E-state index in [9.17, 15) is 5.11 Å². The van der Waals surface area contributed by atoms with Crippen molar-refractivity contribution in [2.24, 2.45) is 0 Å². The average molecular weight is 325 g/mol. The Morgan fingerprint density at radius 3 is 2.25 bits per heavy atom. The summed E-state index contributed by atoms with van der Waals surface area (Å²) in [7, 11) is 0. The van der Waals surface area contributed by atoms with Crippen LogP contribution < -0.4 is 0 Å². The molecule has 0 heterocycles. The van der Waals surface area contributed by atoms with Crippen LogP contribution in [0.25, 0.3) is 11.1 Å². The van der Waals surface area contributed by atoms with Gasteiger partial charge in [-0.15, -0.1) is 0 Å². The van der Waals surface area contributed by atoms with Crippen molar-refractivity contribution in [3.8, 4) is 11.1 Å². The van der Waals surface area contributed by atoms with Gasteiger partial charge >= 0.3 is 0 Å². The van der Waals surface area contributed by atoms with Gasteiger partial charge in [-0.3, -0.25) is 0 Å². The first kappa shape index (κ1) is 18.7. The van der Waals surface area contributed by atoms with Gasteiger partial charge in [0.15, 0.2) is 0 Å². The Kier molecular flexibility index (Phi) is 7.52. The fourth-order valence-electron chi connectivity index (χ4n) is 3.50. The van der Waals surface area contributed by atoms with E-state index >= 15 is 0 Å². The van der Waals surface area contributed by atoms with E-state index in [2.05, 4.69) is 63.2 Å². The first-order valence-corrected chi connectivity index (χ1v) is 9.50. The predicted molar refractivity (Wildman–Crippen MR) is 105 cm³/mol. The van der Waals surface area contributed by atoms with Crippen molar-refractivity contribution < 1.29 is 5.11 Å². The third-order valence-corrected chi connectivity index (χ3v) is 4.92. The summed E-state index contributed by atoms with van der Waals surface area (Å²) >= 11 is 0. The number of hydrogen-bond acceptors (Lipinski definition) is 1. The molecule has 2 aromatic carbocycles. The smallest absolute Gasteiger partial charge is 0.0436 e. The van der Waals surface area contributed by atoms with Crippen LogP contribution in [0.15, 0.2) is 42.5 Å². The molecule has 24 heavy (non-hydrogen) atoms. The normalized spacial score (nSPS) is 12.3. The average Bonchev–Trinajstić information content (AvgIpc) is 2.60. The number of unbranched alkanes of at least 4 members (excludes halogenated alkanes) is 1. The van der Waals surface area contributed by atoms with Gasteiger partial charge in [0.1, 0.15) is 0 Å². The Bertz CT molecular complexity index is 606. The standard InChI is InChI=1S/C23H32O/c1-4-6-8-19-9-14-23(18(3)17-19)22-12-10-21(11-13-22)20(7-5-2)15-16-24/h9-14,17,20,24H,4-8,15-16H2,1-3H3. The van der Waals surface area contributed by atoms with E-state index in [0.29, 0.717) is 5.92 Å². The Morgan fingerprint density at radius 2 is 1.67 bits per heavy atom. The lowest BCUT2D eigenvalue weighted by atomic mass is 9.89. The van der Waals surface area contributed by atoms with E-state index in [1.165, 1.54) is 47.1 Å². The number of rotatable bonds is 9. The molecule has 0 aliphatic carbocycles. The second kappa shape index (κ2) is 9.64. The summed E-state index contributed by atoms with van der Waals surface area (Å²) in [5, 5.41) is 9.28. The second-order valence-corrected chi connectivity index (χ2v) is 6.87. The topological polar surface area (TPSA) is 20.2 Å². The lowest BCUT2D eigenvalue weighted by molar-refractivity contribution is 0.272. The summed E-state index contributed by atoms with van der Waals surface area (Å²) in [6.45, 7) is 6.93.